The predicted octanol–water partition coefficient (Wildman–Crippen LogP) is 4.19. The van der Waals surface area contributed by atoms with Crippen molar-refractivity contribution in [1.29, 1.82) is 0 Å². The molecular weight excluding hydrogens is 316 g/mol. The summed E-state index contributed by atoms with van der Waals surface area (Å²) < 4.78 is 5.28. The maximum Gasteiger partial charge on any atom is 0.408 e. The van der Waals surface area contributed by atoms with E-state index in [-0.39, 0.29) is 11.3 Å². The van der Waals surface area contributed by atoms with Crippen LogP contribution in [0.1, 0.15) is 66.0 Å². The molecule has 2 amide bonds. The monoisotopic (exact) mass is 348 g/mol. The van der Waals surface area contributed by atoms with Crippen LogP contribution in [-0.4, -0.2) is 24.1 Å². The number of ether oxygens (including phenoxy) is 1. The summed E-state index contributed by atoms with van der Waals surface area (Å²) in [7, 11) is 0. The second-order valence-corrected chi connectivity index (χ2v) is 8.45. The van der Waals surface area contributed by atoms with Gasteiger partial charge in [0.05, 0.1) is 0 Å². The van der Waals surface area contributed by atoms with Crippen LogP contribution in [0.25, 0.3) is 0 Å². The van der Waals surface area contributed by atoms with Gasteiger partial charge in [-0.25, -0.2) is 4.79 Å². The van der Waals surface area contributed by atoms with E-state index in [1.54, 1.807) is 20.8 Å². The third-order valence-electron chi connectivity index (χ3n) is 3.46. The molecule has 140 valence electrons. The van der Waals surface area contributed by atoms with E-state index in [2.05, 4.69) is 31.4 Å². The minimum absolute atomic E-state index is 0.231. The molecule has 0 radical (unpaired) electrons. The molecule has 1 atom stereocenters. The largest absolute Gasteiger partial charge is 0.444 e. The van der Waals surface area contributed by atoms with Crippen LogP contribution in [0.15, 0.2) is 30.3 Å². The van der Waals surface area contributed by atoms with Crippen LogP contribution < -0.4 is 10.6 Å². The molecule has 0 saturated heterocycles. The number of hydrogen-bond donors (Lipinski definition) is 2. The Labute approximate surface area is 151 Å². The molecule has 0 fully saturated rings. The molecular formula is C20H32N2O3. The standard InChI is InChI=1S/C20H32N2O3/c1-19(2,3)13-10-14-21-17(23)16(15-11-8-7-9-12-15)22-18(24)25-20(4,5)6/h7-9,11-12,16H,10,13-14H2,1-6H3,(H,21,23)(H,22,24). The third kappa shape index (κ3) is 9.13. The maximum atomic E-state index is 12.6. The Morgan fingerprint density at radius 1 is 1.04 bits per heavy atom. The summed E-state index contributed by atoms with van der Waals surface area (Å²) in [4.78, 5) is 24.7. The van der Waals surface area contributed by atoms with E-state index in [1.807, 2.05) is 30.3 Å². The average Bonchev–Trinajstić information content (AvgIpc) is 2.47. The van der Waals surface area contributed by atoms with Crippen LogP contribution in [0, 0.1) is 5.41 Å². The second-order valence-electron chi connectivity index (χ2n) is 8.45. The molecule has 0 aliphatic carbocycles. The van der Waals surface area contributed by atoms with Crippen molar-refractivity contribution < 1.29 is 14.3 Å². The van der Waals surface area contributed by atoms with Gasteiger partial charge in [0.2, 0.25) is 5.91 Å². The van der Waals surface area contributed by atoms with E-state index >= 15 is 0 Å². The van der Waals surface area contributed by atoms with Crippen molar-refractivity contribution in [1.82, 2.24) is 10.6 Å². The lowest BCUT2D eigenvalue weighted by molar-refractivity contribution is -0.123. The summed E-state index contributed by atoms with van der Waals surface area (Å²) >= 11 is 0. The van der Waals surface area contributed by atoms with E-state index in [4.69, 9.17) is 4.74 Å². The average molecular weight is 348 g/mol. The molecule has 1 unspecified atom stereocenters. The molecule has 5 heteroatoms. The summed E-state index contributed by atoms with van der Waals surface area (Å²) in [5.41, 5.74) is 0.342. The predicted molar refractivity (Wildman–Crippen MR) is 100 cm³/mol. The van der Waals surface area contributed by atoms with Crippen LogP contribution in [0.4, 0.5) is 4.79 Å². The van der Waals surface area contributed by atoms with E-state index < -0.39 is 17.7 Å². The van der Waals surface area contributed by atoms with E-state index in [1.165, 1.54) is 0 Å². The van der Waals surface area contributed by atoms with Crippen molar-refractivity contribution in [2.45, 2.75) is 66.0 Å². The van der Waals surface area contributed by atoms with Crippen molar-refractivity contribution in [3.05, 3.63) is 35.9 Å². The molecule has 0 aromatic heterocycles. The van der Waals surface area contributed by atoms with Crippen molar-refractivity contribution in [3.63, 3.8) is 0 Å². The summed E-state index contributed by atoms with van der Waals surface area (Å²) in [6, 6.07) is 8.41. The summed E-state index contributed by atoms with van der Waals surface area (Å²) in [6.07, 6.45) is 1.30. The molecule has 0 aliphatic heterocycles. The Morgan fingerprint density at radius 2 is 1.64 bits per heavy atom. The minimum atomic E-state index is -0.773. The minimum Gasteiger partial charge on any atom is -0.444 e. The summed E-state index contributed by atoms with van der Waals surface area (Å²) in [6.45, 7) is 12.5. The molecule has 1 aromatic carbocycles. The fourth-order valence-corrected chi connectivity index (χ4v) is 2.30. The van der Waals surface area contributed by atoms with Gasteiger partial charge in [-0.1, -0.05) is 51.1 Å². The number of nitrogens with one attached hydrogen (secondary N) is 2. The fourth-order valence-electron chi connectivity index (χ4n) is 2.30. The van der Waals surface area contributed by atoms with E-state index in [9.17, 15) is 9.59 Å². The van der Waals surface area contributed by atoms with Crippen LogP contribution >= 0.6 is 0 Å². The van der Waals surface area contributed by atoms with Gasteiger partial charge in [-0.15, -0.1) is 0 Å². The number of alkyl carbamates (subject to hydrolysis) is 1. The van der Waals surface area contributed by atoms with E-state index in [0.717, 1.165) is 18.4 Å². The highest BCUT2D eigenvalue weighted by molar-refractivity contribution is 5.86. The van der Waals surface area contributed by atoms with Gasteiger partial charge in [-0.3, -0.25) is 4.79 Å². The van der Waals surface area contributed by atoms with Crippen LogP contribution in [0.3, 0.4) is 0 Å². The Balaban J connectivity index is 2.71. The smallest absolute Gasteiger partial charge is 0.408 e. The molecule has 1 rings (SSSR count). The number of carbonyl (C=O) groups excluding carboxylic acids is 2. The lowest BCUT2D eigenvalue weighted by atomic mass is 9.90. The van der Waals surface area contributed by atoms with Crippen molar-refractivity contribution in [3.8, 4) is 0 Å². The van der Waals surface area contributed by atoms with Gasteiger partial charge in [0.15, 0.2) is 0 Å². The number of amides is 2. The molecule has 1 aromatic rings. The summed E-state index contributed by atoms with van der Waals surface area (Å²) in [5.74, 6) is -0.231. The van der Waals surface area contributed by atoms with Gasteiger partial charge < -0.3 is 15.4 Å². The molecule has 0 bridgehead atoms. The maximum absolute atomic E-state index is 12.6. The van der Waals surface area contributed by atoms with Crippen LogP contribution in [0.2, 0.25) is 0 Å². The first-order valence-electron chi connectivity index (χ1n) is 8.80. The molecule has 0 saturated carbocycles. The van der Waals surface area contributed by atoms with Crippen molar-refractivity contribution in [2.75, 3.05) is 6.54 Å². The van der Waals surface area contributed by atoms with Crippen LogP contribution in [0.5, 0.6) is 0 Å². The van der Waals surface area contributed by atoms with E-state index in [0.29, 0.717) is 6.54 Å². The first-order chi connectivity index (χ1) is 11.5. The number of carbonyl (C=O) groups is 2. The highest BCUT2D eigenvalue weighted by Gasteiger charge is 2.25. The van der Waals surface area contributed by atoms with Gasteiger partial charge in [0.1, 0.15) is 11.6 Å². The molecule has 25 heavy (non-hydrogen) atoms. The molecule has 0 aliphatic rings. The van der Waals surface area contributed by atoms with Crippen molar-refractivity contribution >= 4 is 12.0 Å². The highest BCUT2D eigenvalue weighted by Crippen LogP contribution is 2.20. The summed E-state index contributed by atoms with van der Waals surface area (Å²) in [5, 5.41) is 5.59. The van der Waals surface area contributed by atoms with Gasteiger partial charge >= 0.3 is 6.09 Å². The van der Waals surface area contributed by atoms with Gasteiger partial charge in [0, 0.05) is 6.54 Å². The number of benzene rings is 1. The first kappa shape index (κ1) is 21.0. The molecule has 0 heterocycles. The van der Waals surface area contributed by atoms with Gasteiger partial charge in [0.25, 0.3) is 0 Å². The molecule has 0 spiro atoms. The van der Waals surface area contributed by atoms with Crippen LogP contribution in [-0.2, 0) is 9.53 Å². The number of hydrogen-bond acceptors (Lipinski definition) is 3. The second kappa shape index (κ2) is 8.88. The topological polar surface area (TPSA) is 67.4 Å². The normalized spacial score (nSPS) is 13.0. The SMILES string of the molecule is CC(C)(C)CCCNC(=O)C(NC(=O)OC(C)(C)C)c1ccccc1. The zero-order chi connectivity index (χ0) is 19.1. The Kier molecular flexibility index (Phi) is 7.46. The fraction of sp³-hybridized carbons (Fsp3) is 0.600. The zero-order valence-electron chi connectivity index (χ0n) is 16.3. The number of rotatable bonds is 6. The third-order valence-corrected chi connectivity index (χ3v) is 3.46. The van der Waals surface area contributed by atoms with Gasteiger partial charge in [-0.2, -0.15) is 0 Å². The Bertz CT molecular complexity index is 557. The van der Waals surface area contributed by atoms with Gasteiger partial charge in [-0.05, 0) is 44.6 Å². The molecule has 5 nitrogen and oxygen atoms in total. The van der Waals surface area contributed by atoms with Crippen molar-refractivity contribution in [2.24, 2.45) is 5.41 Å². The lowest BCUT2D eigenvalue weighted by Crippen LogP contribution is -2.42. The Morgan fingerprint density at radius 3 is 2.16 bits per heavy atom. The first-order valence-corrected chi connectivity index (χ1v) is 8.80. The Hall–Kier alpha value is -2.04. The zero-order valence-corrected chi connectivity index (χ0v) is 16.3. The highest BCUT2D eigenvalue weighted by atomic mass is 16.6. The quantitative estimate of drug-likeness (QED) is 0.757. The molecule has 2 N–H and O–H groups in total. The lowest BCUT2D eigenvalue weighted by Gasteiger charge is -2.24.